The second-order valence-corrected chi connectivity index (χ2v) is 7.18. The van der Waals surface area contributed by atoms with E-state index in [4.69, 9.17) is 27.7 Å². The van der Waals surface area contributed by atoms with Crippen LogP contribution in [-0.2, 0) is 11.2 Å². The number of hydrogen-bond donors (Lipinski definition) is 1. The highest BCUT2D eigenvalue weighted by atomic mass is 35.5. The highest BCUT2D eigenvalue weighted by Gasteiger charge is 2.29. The third-order valence-corrected chi connectivity index (χ3v) is 4.55. The SMILES string of the molecule is O=C(Nc1ccc(Cc2nc(-c3cc(Cl)cc(Cl)c3)no2)cc1)C1CC1. The maximum Gasteiger partial charge on any atom is 0.231 e. The van der Waals surface area contributed by atoms with Gasteiger partial charge >= 0.3 is 0 Å². The first-order valence-electron chi connectivity index (χ1n) is 8.26. The number of benzene rings is 2. The average Bonchev–Trinajstić information content (AvgIpc) is 3.35. The van der Waals surface area contributed by atoms with Crippen LogP contribution in [0.5, 0.6) is 0 Å². The number of hydrogen-bond acceptors (Lipinski definition) is 4. The second kappa shape index (κ2) is 7.09. The molecule has 0 saturated heterocycles. The van der Waals surface area contributed by atoms with Gasteiger partial charge in [0.05, 0.1) is 6.42 Å². The minimum atomic E-state index is 0.0967. The van der Waals surface area contributed by atoms with Crippen molar-refractivity contribution in [3.8, 4) is 11.4 Å². The molecule has 1 saturated carbocycles. The molecule has 0 atom stereocenters. The summed E-state index contributed by atoms with van der Waals surface area (Å²) in [6.45, 7) is 0. The van der Waals surface area contributed by atoms with Crippen molar-refractivity contribution in [2.24, 2.45) is 5.92 Å². The lowest BCUT2D eigenvalue weighted by atomic mass is 10.1. The molecule has 0 unspecified atom stereocenters. The van der Waals surface area contributed by atoms with Crippen molar-refractivity contribution in [3.05, 3.63) is 64.0 Å². The standard InChI is InChI=1S/C19H15Cl2N3O2/c20-14-8-13(9-15(21)10-14)18-23-17(26-24-18)7-11-1-5-16(6-2-11)22-19(25)12-3-4-12/h1-2,5-6,8-10,12H,3-4,7H2,(H,22,25). The summed E-state index contributed by atoms with van der Waals surface area (Å²) < 4.78 is 5.32. The fourth-order valence-electron chi connectivity index (χ4n) is 2.60. The number of amides is 1. The van der Waals surface area contributed by atoms with Crippen LogP contribution in [0.4, 0.5) is 5.69 Å². The minimum Gasteiger partial charge on any atom is -0.339 e. The van der Waals surface area contributed by atoms with Crippen molar-refractivity contribution >= 4 is 34.8 Å². The largest absolute Gasteiger partial charge is 0.339 e. The summed E-state index contributed by atoms with van der Waals surface area (Å²) in [6.07, 6.45) is 2.47. The fourth-order valence-corrected chi connectivity index (χ4v) is 3.12. The molecule has 0 aliphatic heterocycles. The van der Waals surface area contributed by atoms with Crippen LogP contribution in [0.25, 0.3) is 11.4 Å². The molecule has 7 heteroatoms. The summed E-state index contributed by atoms with van der Waals surface area (Å²) in [7, 11) is 0. The topological polar surface area (TPSA) is 68.0 Å². The van der Waals surface area contributed by atoms with Crippen LogP contribution in [-0.4, -0.2) is 16.0 Å². The van der Waals surface area contributed by atoms with E-state index in [1.807, 2.05) is 24.3 Å². The lowest BCUT2D eigenvalue weighted by Crippen LogP contribution is -2.13. The van der Waals surface area contributed by atoms with E-state index >= 15 is 0 Å². The Kier molecular flexibility index (Phi) is 4.66. The highest BCUT2D eigenvalue weighted by Crippen LogP contribution is 2.30. The summed E-state index contributed by atoms with van der Waals surface area (Å²) in [4.78, 5) is 16.2. The van der Waals surface area contributed by atoms with E-state index in [1.54, 1.807) is 18.2 Å². The summed E-state index contributed by atoms with van der Waals surface area (Å²) in [6, 6.07) is 12.7. The number of carbonyl (C=O) groups is 1. The molecule has 1 aromatic heterocycles. The first-order valence-corrected chi connectivity index (χ1v) is 9.01. The Labute approximate surface area is 160 Å². The Morgan fingerprint density at radius 3 is 2.46 bits per heavy atom. The molecule has 3 aromatic rings. The molecule has 26 heavy (non-hydrogen) atoms. The molecule has 0 bridgehead atoms. The molecule has 1 fully saturated rings. The van der Waals surface area contributed by atoms with Gasteiger partial charge in [-0.15, -0.1) is 0 Å². The quantitative estimate of drug-likeness (QED) is 0.669. The molecule has 132 valence electrons. The smallest absolute Gasteiger partial charge is 0.231 e. The van der Waals surface area contributed by atoms with Crippen molar-refractivity contribution in [2.75, 3.05) is 5.32 Å². The maximum absolute atomic E-state index is 11.8. The van der Waals surface area contributed by atoms with Crippen LogP contribution >= 0.6 is 23.2 Å². The normalized spacial score (nSPS) is 13.6. The number of nitrogens with one attached hydrogen (secondary N) is 1. The monoisotopic (exact) mass is 387 g/mol. The molecule has 0 spiro atoms. The third kappa shape index (κ3) is 4.06. The predicted octanol–water partition coefficient (Wildman–Crippen LogP) is 4.98. The van der Waals surface area contributed by atoms with Crippen LogP contribution in [0.2, 0.25) is 10.0 Å². The highest BCUT2D eigenvalue weighted by molar-refractivity contribution is 6.35. The van der Waals surface area contributed by atoms with E-state index in [-0.39, 0.29) is 11.8 Å². The van der Waals surface area contributed by atoms with E-state index in [0.29, 0.717) is 33.7 Å². The summed E-state index contributed by atoms with van der Waals surface area (Å²) in [5.74, 6) is 1.22. The molecule has 0 radical (unpaired) electrons. The number of nitrogens with zero attached hydrogens (tertiary/aromatic N) is 2. The molecule has 5 nitrogen and oxygen atoms in total. The van der Waals surface area contributed by atoms with Gasteiger partial charge in [0, 0.05) is 27.2 Å². The van der Waals surface area contributed by atoms with Gasteiger partial charge in [-0.25, -0.2) is 0 Å². The van der Waals surface area contributed by atoms with Crippen molar-refractivity contribution in [2.45, 2.75) is 19.3 Å². The Morgan fingerprint density at radius 2 is 1.81 bits per heavy atom. The van der Waals surface area contributed by atoms with Crippen molar-refractivity contribution in [1.82, 2.24) is 10.1 Å². The van der Waals surface area contributed by atoms with Gasteiger partial charge in [0.15, 0.2) is 0 Å². The zero-order chi connectivity index (χ0) is 18.1. The first-order chi connectivity index (χ1) is 12.6. The number of halogens is 2. The van der Waals surface area contributed by atoms with Gasteiger partial charge in [-0.1, -0.05) is 40.5 Å². The van der Waals surface area contributed by atoms with E-state index in [9.17, 15) is 4.79 Å². The van der Waals surface area contributed by atoms with Crippen LogP contribution in [0.1, 0.15) is 24.3 Å². The fraction of sp³-hybridized carbons (Fsp3) is 0.211. The van der Waals surface area contributed by atoms with Crippen molar-refractivity contribution in [1.29, 1.82) is 0 Å². The van der Waals surface area contributed by atoms with Crippen LogP contribution < -0.4 is 5.32 Å². The lowest BCUT2D eigenvalue weighted by molar-refractivity contribution is -0.117. The minimum absolute atomic E-state index is 0.0967. The Bertz CT molecular complexity index is 929. The van der Waals surface area contributed by atoms with Crippen molar-refractivity contribution < 1.29 is 9.32 Å². The molecular weight excluding hydrogens is 373 g/mol. The zero-order valence-corrected chi connectivity index (χ0v) is 15.2. The van der Waals surface area contributed by atoms with Gasteiger partial charge in [0.25, 0.3) is 0 Å². The first kappa shape index (κ1) is 17.1. The van der Waals surface area contributed by atoms with Gasteiger partial charge in [-0.3, -0.25) is 4.79 Å². The number of rotatable bonds is 5. The Hall–Kier alpha value is -2.37. The molecule has 1 amide bonds. The zero-order valence-electron chi connectivity index (χ0n) is 13.7. The van der Waals surface area contributed by atoms with E-state index < -0.39 is 0 Å². The van der Waals surface area contributed by atoms with E-state index in [1.165, 1.54) is 0 Å². The summed E-state index contributed by atoms with van der Waals surface area (Å²) >= 11 is 12.0. The average molecular weight is 388 g/mol. The van der Waals surface area contributed by atoms with E-state index in [2.05, 4.69) is 15.5 Å². The predicted molar refractivity (Wildman–Crippen MR) is 100 cm³/mol. The molecule has 1 heterocycles. The molecule has 1 aliphatic rings. The lowest BCUT2D eigenvalue weighted by Gasteiger charge is -2.04. The van der Waals surface area contributed by atoms with Crippen LogP contribution in [0, 0.1) is 5.92 Å². The van der Waals surface area contributed by atoms with Gasteiger partial charge in [-0.05, 0) is 48.7 Å². The van der Waals surface area contributed by atoms with Gasteiger partial charge in [-0.2, -0.15) is 4.98 Å². The Morgan fingerprint density at radius 1 is 1.12 bits per heavy atom. The van der Waals surface area contributed by atoms with Gasteiger partial charge < -0.3 is 9.84 Å². The molecule has 4 rings (SSSR count). The number of aromatic nitrogens is 2. The molecule has 1 N–H and O–H groups in total. The molecule has 1 aliphatic carbocycles. The number of anilines is 1. The van der Waals surface area contributed by atoms with Crippen LogP contribution in [0.3, 0.4) is 0 Å². The summed E-state index contributed by atoms with van der Waals surface area (Å²) in [5.41, 5.74) is 2.51. The van der Waals surface area contributed by atoms with Crippen molar-refractivity contribution in [3.63, 3.8) is 0 Å². The third-order valence-electron chi connectivity index (χ3n) is 4.11. The Balaban J connectivity index is 1.44. The summed E-state index contributed by atoms with van der Waals surface area (Å²) in [5, 5.41) is 7.94. The second-order valence-electron chi connectivity index (χ2n) is 6.31. The molecular formula is C19H15Cl2N3O2. The van der Waals surface area contributed by atoms with Gasteiger partial charge in [0.2, 0.25) is 17.6 Å². The van der Waals surface area contributed by atoms with Gasteiger partial charge in [0.1, 0.15) is 0 Å². The van der Waals surface area contributed by atoms with Crippen LogP contribution in [0.15, 0.2) is 47.0 Å². The maximum atomic E-state index is 11.8. The molecule has 2 aromatic carbocycles. The van der Waals surface area contributed by atoms with E-state index in [0.717, 1.165) is 24.1 Å². The number of carbonyl (C=O) groups excluding carboxylic acids is 1.